The summed E-state index contributed by atoms with van der Waals surface area (Å²) in [5.41, 5.74) is 8.29. The van der Waals surface area contributed by atoms with Crippen LogP contribution in [0.3, 0.4) is 0 Å². The number of pyridine rings is 1. The molecule has 0 aliphatic heterocycles. The monoisotopic (exact) mass is 377 g/mol. The fourth-order valence-corrected chi connectivity index (χ4v) is 3.88. The van der Waals surface area contributed by atoms with E-state index in [1.54, 1.807) is 24.4 Å². The number of thiophene rings is 1. The van der Waals surface area contributed by atoms with Crippen molar-refractivity contribution in [3.05, 3.63) is 69.8 Å². The average Bonchev–Trinajstić information content (AvgIpc) is 3.07. The predicted octanol–water partition coefficient (Wildman–Crippen LogP) is 4.45. The molecule has 0 amide bonds. The van der Waals surface area contributed by atoms with Crippen molar-refractivity contribution in [2.45, 2.75) is 6.42 Å². The summed E-state index contributed by atoms with van der Waals surface area (Å²) in [7, 11) is 0. The first-order valence-corrected chi connectivity index (χ1v) is 8.99. The van der Waals surface area contributed by atoms with Gasteiger partial charge in [-0.25, -0.2) is 9.97 Å². The average molecular weight is 378 g/mol. The van der Waals surface area contributed by atoms with Crippen LogP contribution in [0.5, 0.6) is 0 Å². The highest BCUT2D eigenvalue weighted by Crippen LogP contribution is 2.32. The van der Waals surface area contributed by atoms with Crippen molar-refractivity contribution in [3.63, 3.8) is 0 Å². The van der Waals surface area contributed by atoms with Crippen molar-refractivity contribution >= 4 is 39.0 Å². The van der Waals surface area contributed by atoms with E-state index in [-0.39, 0.29) is 0 Å². The van der Waals surface area contributed by atoms with Crippen LogP contribution in [0, 0.1) is 11.3 Å². The Kier molecular flexibility index (Phi) is 4.25. The van der Waals surface area contributed by atoms with E-state index in [1.165, 1.54) is 11.3 Å². The number of fused-ring (bicyclic) bond motifs is 1. The summed E-state index contributed by atoms with van der Waals surface area (Å²) >= 11 is 7.74. The summed E-state index contributed by atoms with van der Waals surface area (Å²) in [5, 5.41) is 10.5. The Bertz CT molecular complexity index is 1160. The largest absolute Gasteiger partial charge is 0.383 e. The molecule has 126 valence electrons. The maximum atomic E-state index is 9.07. The Hall–Kier alpha value is -3.01. The minimum Gasteiger partial charge on any atom is -0.383 e. The third kappa shape index (κ3) is 3.10. The van der Waals surface area contributed by atoms with Gasteiger partial charge in [0.25, 0.3) is 0 Å². The fourth-order valence-electron chi connectivity index (χ4n) is 2.65. The first-order chi connectivity index (χ1) is 12.6. The number of aromatic nitrogens is 3. The molecule has 0 aliphatic carbocycles. The standard InChI is InChI=1S/C19H12ClN5S/c20-15-5-2-6-23-16(15)9-13-8-14-17(22)24-18(25-19(14)26-13)12-4-1-3-11(7-12)10-21/h1-8H,9H2,(H2,22,24,25). The lowest BCUT2D eigenvalue weighted by molar-refractivity contribution is 1.10. The Morgan fingerprint density at radius 3 is 2.85 bits per heavy atom. The van der Waals surface area contributed by atoms with Crippen LogP contribution in [0.25, 0.3) is 21.6 Å². The third-order valence-electron chi connectivity index (χ3n) is 3.90. The number of rotatable bonds is 3. The van der Waals surface area contributed by atoms with Gasteiger partial charge in [-0.1, -0.05) is 23.7 Å². The zero-order chi connectivity index (χ0) is 18.1. The molecule has 26 heavy (non-hydrogen) atoms. The summed E-state index contributed by atoms with van der Waals surface area (Å²) in [4.78, 5) is 15.2. The van der Waals surface area contributed by atoms with Crippen molar-refractivity contribution in [1.82, 2.24) is 15.0 Å². The molecule has 0 radical (unpaired) electrons. The normalized spacial score (nSPS) is 10.8. The third-order valence-corrected chi connectivity index (χ3v) is 5.27. The molecule has 5 nitrogen and oxygen atoms in total. The number of benzene rings is 1. The van der Waals surface area contributed by atoms with Gasteiger partial charge in [0.2, 0.25) is 0 Å². The summed E-state index contributed by atoms with van der Waals surface area (Å²) in [6.07, 6.45) is 2.34. The van der Waals surface area contributed by atoms with Gasteiger partial charge in [-0.15, -0.1) is 11.3 Å². The molecule has 1 aromatic carbocycles. The van der Waals surface area contributed by atoms with Crippen LogP contribution in [-0.2, 0) is 6.42 Å². The number of nitriles is 1. The molecule has 0 bridgehead atoms. The molecule has 0 saturated heterocycles. The van der Waals surface area contributed by atoms with Gasteiger partial charge in [0, 0.05) is 23.1 Å². The highest BCUT2D eigenvalue weighted by atomic mass is 35.5. The molecule has 3 heterocycles. The second kappa shape index (κ2) is 6.71. The molecule has 0 atom stereocenters. The Balaban J connectivity index is 1.76. The topological polar surface area (TPSA) is 88.5 Å². The highest BCUT2D eigenvalue weighted by molar-refractivity contribution is 7.18. The molecule has 7 heteroatoms. The van der Waals surface area contributed by atoms with E-state index in [2.05, 4.69) is 21.0 Å². The van der Waals surface area contributed by atoms with Crippen LogP contribution in [0.2, 0.25) is 5.02 Å². The number of nitrogen functional groups attached to an aromatic ring is 1. The molecule has 4 aromatic rings. The second-order valence-electron chi connectivity index (χ2n) is 5.67. The van der Waals surface area contributed by atoms with E-state index in [0.29, 0.717) is 28.6 Å². The molecular formula is C19H12ClN5S. The van der Waals surface area contributed by atoms with Crippen molar-refractivity contribution < 1.29 is 0 Å². The van der Waals surface area contributed by atoms with Gasteiger partial charge in [-0.2, -0.15) is 5.26 Å². The molecule has 0 saturated carbocycles. The van der Waals surface area contributed by atoms with Gasteiger partial charge in [0.05, 0.1) is 27.7 Å². The van der Waals surface area contributed by atoms with Gasteiger partial charge < -0.3 is 5.73 Å². The molecule has 4 rings (SSSR count). The van der Waals surface area contributed by atoms with E-state index in [4.69, 9.17) is 22.6 Å². The van der Waals surface area contributed by atoms with Gasteiger partial charge in [0.1, 0.15) is 10.6 Å². The van der Waals surface area contributed by atoms with Crippen LogP contribution >= 0.6 is 22.9 Å². The lowest BCUT2D eigenvalue weighted by Crippen LogP contribution is -1.96. The number of hydrogen-bond donors (Lipinski definition) is 1. The molecule has 0 spiro atoms. The van der Waals surface area contributed by atoms with Crippen LogP contribution in [-0.4, -0.2) is 15.0 Å². The van der Waals surface area contributed by atoms with Crippen molar-refractivity contribution in [2.24, 2.45) is 0 Å². The first-order valence-electron chi connectivity index (χ1n) is 7.80. The van der Waals surface area contributed by atoms with Crippen molar-refractivity contribution in [3.8, 4) is 17.5 Å². The Labute approximate surface area is 158 Å². The highest BCUT2D eigenvalue weighted by Gasteiger charge is 2.13. The number of anilines is 1. The number of halogens is 1. The quantitative estimate of drug-likeness (QED) is 0.569. The molecule has 3 aromatic heterocycles. The maximum Gasteiger partial charge on any atom is 0.163 e. The van der Waals surface area contributed by atoms with E-state index in [9.17, 15) is 0 Å². The van der Waals surface area contributed by atoms with Crippen LogP contribution in [0.4, 0.5) is 5.82 Å². The molecule has 2 N–H and O–H groups in total. The van der Waals surface area contributed by atoms with Gasteiger partial charge in [0.15, 0.2) is 5.82 Å². The molecule has 0 fully saturated rings. The summed E-state index contributed by atoms with van der Waals surface area (Å²) in [5.74, 6) is 0.929. The fraction of sp³-hybridized carbons (Fsp3) is 0.0526. The summed E-state index contributed by atoms with van der Waals surface area (Å²) in [6, 6.07) is 14.9. The number of nitrogens with two attached hydrogens (primary N) is 1. The lowest BCUT2D eigenvalue weighted by atomic mass is 10.1. The Morgan fingerprint density at radius 2 is 2.04 bits per heavy atom. The van der Waals surface area contributed by atoms with E-state index in [0.717, 1.165) is 26.4 Å². The second-order valence-corrected chi connectivity index (χ2v) is 7.19. The zero-order valence-electron chi connectivity index (χ0n) is 13.5. The van der Waals surface area contributed by atoms with Crippen molar-refractivity contribution in [1.29, 1.82) is 5.26 Å². The SMILES string of the molecule is N#Cc1cccc(-c2nc(N)c3cc(Cc4ncccc4Cl)sc3n2)c1. The summed E-state index contributed by atoms with van der Waals surface area (Å²) < 4.78 is 0. The van der Waals surface area contributed by atoms with E-state index in [1.807, 2.05) is 24.3 Å². The van der Waals surface area contributed by atoms with Crippen LogP contribution in [0.15, 0.2) is 48.7 Å². The van der Waals surface area contributed by atoms with E-state index < -0.39 is 0 Å². The maximum absolute atomic E-state index is 9.07. The Morgan fingerprint density at radius 1 is 1.15 bits per heavy atom. The van der Waals surface area contributed by atoms with Gasteiger partial charge >= 0.3 is 0 Å². The van der Waals surface area contributed by atoms with Crippen LogP contribution in [0.1, 0.15) is 16.1 Å². The van der Waals surface area contributed by atoms with Crippen LogP contribution < -0.4 is 5.73 Å². The minimum atomic E-state index is 0.418. The van der Waals surface area contributed by atoms with Gasteiger partial charge in [-0.05, 0) is 30.3 Å². The van der Waals surface area contributed by atoms with E-state index >= 15 is 0 Å². The number of nitrogens with zero attached hydrogens (tertiary/aromatic N) is 4. The van der Waals surface area contributed by atoms with Gasteiger partial charge in [-0.3, -0.25) is 4.98 Å². The molecule has 0 aliphatic rings. The molecule has 0 unspecified atom stereocenters. The minimum absolute atomic E-state index is 0.418. The predicted molar refractivity (Wildman–Crippen MR) is 104 cm³/mol. The zero-order valence-corrected chi connectivity index (χ0v) is 15.1. The molecular weight excluding hydrogens is 366 g/mol. The summed E-state index contributed by atoms with van der Waals surface area (Å²) in [6.45, 7) is 0. The lowest BCUT2D eigenvalue weighted by Gasteiger charge is -2.02. The van der Waals surface area contributed by atoms with Crippen molar-refractivity contribution in [2.75, 3.05) is 5.73 Å². The smallest absolute Gasteiger partial charge is 0.163 e. The number of hydrogen-bond acceptors (Lipinski definition) is 6. The first kappa shape index (κ1) is 16.5.